The second-order valence-corrected chi connectivity index (χ2v) is 9.00. The van der Waals surface area contributed by atoms with Crippen LogP contribution in [-0.2, 0) is 90.8 Å². The van der Waals surface area contributed by atoms with Gasteiger partial charge in [0.2, 0.25) is 0 Å². The average Bonchev–Trinajstić information content (AvgIpc) is 2.90. The minimum Gasteiger partial charge on any atom is -0.550 e. The third kappa shape index (κ3) is 15.8. The summed E-state index contributed by atoms with van der Waals surface area (Å²) >= 11 is 0. The van der Waals surface area contributed by atoms with Crippen LogP contribution in [0.25, 0.3) is 0 Å². The fraction of sp³-hybridized carbons (Fsp3) is 0.692. The van der Waals surface area contributed by atoms with Gasteiger partial charge in [-0.3, -0.25) is 0 Å². The van der Waals surface area contributed by atoms with Crippen molar-refractivity contribution in [3.05, 3.63) is 0 Å². The van der Waals surface area contributed by atoms with E-state index in [-0.39, 0.29) is 90.9 Å². The van der Waals surface area contributed by atoms with Gasteiger partial charge in [0.25, 0.3) is 0 Å². The maximum Gasteiger partial charge on any atom is 4.00 e. The summed E-state index contributed by atoms with van der Waals surface area (Å²) < 4.78 is 0. The van der Waals surface area contributed by atoms with Gasteiger partial charge in [0.15, 0.2) is 0 Å². The molecule has 0 aliphatic rings. The fourth-order valence-electron chi connectivity index (χ4n) is 3.88. The Labute approximate surface area is 303 Å². The van der Waals surface area contributed by atoms with E-state index in [1.165, 1.54) is 41.5 Å². The maximum absolute atomic E-state index is 11.0. The Kier molecular flexibility index (Phi) is 31.0. The molecule has 0 amide bonds. The van der Waals surface area contributed by atoms with Crippen molar-refractivity contribution in [3.8, 4) is 0 Å². The molecule has 2 unspecified atom stereocenters. The van der Waals surface area contributed by atoms with Crippen LogP contribution in [-0.4, -0.2) is 69.2 Å². The molecule has 0 radical (unpaired) electrons. The summed E-state index contributed by atoms with van der Waals surface area (Å²) in [6.45, 7) is 8.31. The molecule has 0 saturated heterocycles. The molecule has 0 aromatic heterocycles. The van der Waals surface area contributed by atoms with Gasteiger partial charge in [0, 0.05) is 47.5 Å². The van der Waals surface area contributed by atoms with E-state index in [0.29, 0.717) is 0 Å². The van der Waals surface area contributed by atoms with Gasteiger partial charge in [-0.25, -0.2) is 0 Å². The summed E-state index contributed by atoms with van der Waals surface area (Å²) in [7, 11) is 0. The molecule has 46 heavy (non-hydrogen) atoms. The Morgan fingerprint density at radius 3 is 0.652 bits per heavy atom. The Morgan fingerprint density at radius 2 is 0.587 bits per heavy atom. The van der Waals surface area contributed by atoms with Crippen molar-refractivity contribution in [3.63, 3.8) is 0 Å². The van der Waals surface area contributed by atoms with E-state index in [4.69, 9.17) is 0 Å². The molecule has 18 nitrogen and oxygen atoms in total. The van der Waals surface area contributed by atoms with Crippen molar-refractivity contribution in [2.45, 2.75) is 104 Å². The quantitative estimate of drug-likeness (QED) is 0.146. The molecule has 0 spiro atoms. The van der Waals surface area contributed by atoms with Gasteiger partial charge in [-0.15, -0.1) is 0 Å². The normalized spacial score (nSPS) is 12.7. The average molecular weight is 819 g/mol. The number of carbonyl (C=O) groups is 8. The number of aliphatic carboxylic acids is 8. The van der Waals surface area contributed by atoms with E-state index in [2.05, 4.69) is 0 Å². The van der Waals surface area contributed by atoms with Crippen LogP contribution in [0, 0.1) is 10.8 Å². The summed E-state index contributed by atoms with van der Waals surface area (Å²) in [5.41, 5.74) is -10.6. The predicted octanol–water partition coefficient (Wildman–Crippen LogP) is -9.39. The third-order valence-electron chi connectivity index (χ3n) is 6.83. The van der Waals surface area contributed by atoms with Crippen LogP contribution >= 0.6 is 0 Å². The van der Waals surface area contributed by atoms with Gasteiger partial charge < -0.3 is 89.4 Å². The topological polar surface area (TPSA) is 361 Å². The van der Waals surface area contributed by atoms with E-state index in [1.807, 2.05) is 0 Å². The van der Waals surface area contributed by atoms with E-state index in [0.717, 1.165) is 0 Å². The molecule has 0 heterocycles. The van der Waals surface area contributed by atoms with E-state index >= 15 is 0 Å². The largest absolute Gasteiger partial charge is 4.00 e. The zero-order valence-corrected chi connectivity index (χ0v) is 31.0. The molecule has 256 valence electrons. The fourth-order valence-corrected chi connectivity index (χ4v) is 3.88. The van der Waals surface area contributed by atoms with Gasteiger partial charge in [0.1, 0.15) is 11.2 Å². The van der Waals surface area contributed by atoms with Crippen LogP contribution in [0.2, 0.25) is 0 Å². The molecule has 2 atom stereocenters. The van der Waals surface area contributed by atoms with E-state index in [9.17, 15) is 89.4 Å². The van der Waals surface area contributed by atoms with Crippen LogP contribution < -0.4 is 40.9 Å². The molecule has 0 aromatic carbocycles. The van der Waals surface area contributed by atoms with Crippen LogP contribution in [0.1, 0.15) is 92.9 Å². The zero-order valence-electron chi connectivity index (χ0n) is 26.1. The molecule has 0 aliphatic heterocycles. The standard InChI is InChI=1S/2C10H16O7.2C3H6O2.2Zr/c2*1-3-9(4-2,7(13)14)10(17,8(15)16)5-6(11)12;2*1-2-3(4)5;;/h2*17H,3-5H2,1-2H3,(H,11,12)(H,13,14)(H,15,16);2*2H2,1H3,(H,4,5);;/q;;;;2*+4/p-8. The smallest absolute Gasteiger partial charge is 0.550 e. The number of rotatable bonds is 16. The Hall–Kier alpha value is -2.55. The van der Waals surface area contributed by atoms with E-state index < -0.39 is 82.6 Å². The summed E-state index contributed by atoms with van der Waals surface area (Å²) in [5.74, 6) is -13.8. The summed E-state index contributed by atoms with van der Waals surface area (Å²) in [6, 6.07) is 0. The van der Waals surface area contributed by atoms with Crippen molar-refractivity contribution in [1.82, 2.24) is 0 Å². The van der Waals surface area contributed by atoms with Crippen molar-refractivity contribution < 1.29 is 142 Å². The van der Waals surface area contributed by atoms with E-state index in [1.54, 1.807) is 0 Å². The molecular formula is C26H36O18Zr2. The number of carboxylic acids is 8. The van der Waals surface area contributed by atoms with Crippen molar-refractivity contribution in [1.29, 1.82) is 0 Å². The Morgan fingerprint density at radius 1 is 0.413 bits per heavy atom. The van der Waals surface area contributed by atoms with Crippen LogP contribution in [0.3, 0.4) is 0 Å². The first-order chi connectivity index (χ1) is 19.9. The summed E-state index contributed by atoms with van der Waals surface area (Å²) in [5, 5.41) is 103. The van der Waals surface area contributed by atoms with Crippen LogP contribution in [0.4, 0.5) is 0 Å². The maximum atomic E-state index is 11.0. The first-order valence-corrected chi connectivity index (χ1v) is 13.0. The Bertz CT molecular complexity index is 942. The summed E-state index contributed by atoms with van der Waals surface area (Å²) in [4.78, 5) is 83.2. The molecule has 0 rings (SSSR count). The van der Waals surface area contributed by atoms with Crippen molar-refractivity contribution >= 4 is 47.8 Å². The van der Waals surface area contributed by atoms with Gasteiger partial charge in [-0.05, 0) is 38.5 Å². The second kappa shape index (κ2) is 25.5. The third-order valence-corrected chi connectivity index (χ3v) is 6.83. The molecule has 0 aromatic rings. The molecule has 0 bridgehead atoms. The SMILES string of the molecule is CCC(=O)[O-].CCC(=O)[O-].CCC(CC)(C(=O)[O-])C(O)(CC(=O)[O-])C(=O)[O-].CCC(CC)(C(=O)[O-])C(O)(CC(=O)[O-])C(=O)[O-].[Zr+4].[Zr+4]. The summed E-state index contributed by atoms with van der Waals surface area (Å²) in [6.07, 6.45) is -3.78. The van der Waals surface area contributed by atoms with Crippen LogP contribution in [0.15, 0.2) is 0 Å². The number of carbonyl (C=O) groups excluding carboxylic acids is 8. The number of aliphatic hydroxyl groups is 2. The number of carboxylic acid groups (broad SMARTS) is 8. The first-order valence-electron chi connectivity index (χ1n) is 13.0. The number of hydrogen-bond donors (Lipinski definition) is 2. The monoisotopic (exact) mass is 816 g/mol. The second-order valence-electron chi connectivity index (χ2n) is 9.00. The molecule has 0 aliphatic carbocycles. The number of hydrogen-bond acceptors (Lipinski definition) is 18. The first kappa shape index (κ1) is 55.8. The molecular weight excluding hydrogens is 783 g/mol. The van der Waals surface area contributed by atoms with Crippen molar-refractivity contribution in [2.24, 2.45) is 10.8 Å². The minimum absolute atomic E-state index is 0. The van der Waals surface area contributed by atoms with Gasteiger partial charge in [-0.2, -0.15) is 0 Å². The Balaban J connectivity index is -0.000000130. The van der Waals surface area contributed by atoms with Gasteiger partial charge in [-0.1, -0.05) is 41.5 Å². The van der Waals surface area contributed by atoms with Crippen LogP contribution in [0.5, 0.6) is 0 Å². The molecule has 0 saturated carbocycles. The molecule has 0 fully saturated rings. The molecule has 20 heteroatoms. The van der Waals surface area contributed by atoms with Gasteiger partial charge >= 0.3 is 52.4 Å². The van der Waals surface area contributed by atoms with Gasteiger partial charge in [0.05, 0.1) is 23.9 Å². The zero-order chi connectivity index (χ0) is 36.3. The minimum atomic E-state index is -3.06. The predicted molar refractivity (Wildman–Crippen MR) is 126 cm³/mol. The molecule has 2 N–H and O–H groups in total. The van der Waals surface area contributed by atoms with Crippen molar-refractivity contribution in [2.75, 3.05) is 0 Å².